The monoisotopic (exact) mass is 558 g/mol. The SMILES string of the molecule is CCOc1ccc(CCN2C(=O)/C(=C\c3cc(Br)c(Br)s3)NC2=S)cc1OCC. The van der Waals surface area contributed by atoms with Gasteiger partial charge in [0.2, 0.25) is 0 Å². The first kappa shape index (κ1) is 22.3. The summed E-state index contributed by atoms with van der Waals surface area (Å²) in [7, 11) is 0. The summed E-state index contributed by atoms with van der Waals surface area (Å²) in [4.78, 5) is 15.3. The van der Waals surface area contributed by atoms with Gasteiger partial charge in [-0.2, -0.15) is 0 Å². The van der Waals surface area contributed by atoms with Crippen molar-refractivity contribution in [2.24, 2.45) is 0 Å². The van der Waals surface area contributed by atoms with E-state index in [1.807, 2.05) is 44.2 Å². The highest BCUT2D eigenvalue weighted by molar-refractivity contribution is 9.13. The number of hydrogen-bond donors (Lipinski definition) is 1. The van der Waals surface area contributed by atoms with Crippen molar-refractivity contribution in [1.29, 1.82) is 0 Å². The molecule has 1 aliphatic rings. The van der Waals surface area contributed by atoms with Crippen LogP contribution in [0.3, 0.4) is 0 Å². The first-order chi connectivity index (χ1) is 13.9. The molecule has 1 N–H and O–H groups in total. The highest BCUT2D eigenvalue weighted by Crippen LogP contribution is 2.34. The maximum atomic E-state index is 12.8. The standard InChI is InChI=1S/C20H20Br2N2O3S2/c1-3-26-16-6-5-12(9-17(16)27-4-2)7-8-24-19(25)15(23-20(24)28)11-13-10-14(21)18(22)29-13/h5-6,9-11H,3-4,7-8H2,1-2H3,(H,23,28)/b15-11+. The van der Waals surface area contributed by atoms with Crippen molar-refractivity contribution in [3.63, 3.8) is 0 Å². The Morgan fingerprint density at radius 1 is 1.17 bits per heavy atom. The highest BCUT2D eigenvalue weighted by Gasteiger charge is 2.30. The molecule has 1 fully saturated rings. The molecular formula is C20H20Br2N2O3S2. The Bertz CT molecular complexity index is 940. The van der Waals surface area contributed by atoms with E-state index in [0.29, 0.717) is 37.0 Å². The Kier molecular flexibility index (Phi) is 7.72. The number of nitrogens with zero attached hydrogens (tertiary/aromatic N) is 1. The van der Waals surface area contributed by atoms with Crippen LogP contribution in [0.5, 0.6) is 11.5 Å². The number of nitrogens with one attached hydrogen (secondary N) is 1. The molecule has 1 saturated heterocycles. The molecule has 1 aromatic heterocycles. The molecule has 1 aromatic carbocycles. The summed E-state index contributed by atoms with van der Waals surface area (Å²) >= 11 is 13.8. The Balaban J connectivity index is 1.70. The van der Waals surface area contributed by atoms with Crippen molar-refractivity contribution in [3.05, 3.63) is 48.7 Å². The number of halogens is 2. The molecule has 0 unspecified atom stereocenters. The second kappa shape index (κ2) is 10.1. The Morgan fingerprint density at radius 2 is 1.90 bits per heavy atom. The van der Waals surface area contributed by atoms with Gasteiger partial charge in [0, 0.05) is 15.9 Å². The van der Waals surface area contributed by atoms with Crippen molar-refractivity contribution in [1.82, 2.24) is 10.2 Å². The van der Waals surface area contributed by atoms with Crippen molar-refractivity contribution in [2.45, 2.75) is 20.3 Å². The maximum absolute atomic E-state index is 12.8. The number of thiophene rings is 1. The second-order valence-corrected chi connectivity index (χ2v) is 9.76. The fraction of sp³-hybridized carbons (Fsp3) is 0.300. The zero-order valence-electron chi connectivity index (χ0n) is 16.0. The summed E-state index contributed by atoms with van der Waals surface area (Å²) in [5.74, 6) is 1.33. The van der Waals surface area contributed by atoms with E-state index in [2.05, 4.69) is 37.2 Å². The molecule has 0 spiro atoms. The molecule has 0 bridgehead atoms. The van der Waals surface area contributed by atoms with Crippen LogP contribution in [-0.2, 0) is 11.2 Å². The van der Waals surface area contributed by atoms with Gasteiger partial charge in [0.25, 0.3) is 5.91 Å². The van der Waals surface area contributed by atoms with E-state index in [0.717, 1.165) is 30.2 Å². The second-order valence-electron chi connectivity index (χ2n) is 6.11. The van der Waals surface area contributed by atoms with E-state index in [1.54, 1.807) is 16.2 Å². The van der Waals surface area contributed by atoms with Crippen LogP contribution < -0.4 is 14.8 Å². The van der Waals surface area contributed by atoms with E-state index in [-0.39, 0.29) is 5.91 Å². The Labute approximate surface area is 196 Å². The molecular weight excluding hydrogens is 540 g/mol. The molecule has 0 atom stereocenters. The molecule has 2 heterocycles. The minimum atomic E-state index is -0.119. The van der Waals surface area contributed by atoms with Gasteiger partial charge in [0.15, 0.2) is 16.6 Å². The van der Waals surface area contributed by atoms with E-state index < -0.39 is 0 Å². The van der Waals surface area contributed by atoms with E-state index in [4.69, 9.17) is 21.7 Å². The third kappa shape index (κ3) is 5.39. The van der Waals surface area contributed by atoms with Gasteiger partial charge in [0.05, 0.1) is 17.0 Å². The lowest BCUT2D eigenvalue weighted by Crippen LogP contribution is -2.32. The number of ether oxygens (including phenoxy) is 2. The summed E-state index contributed by atoms with van der Waals surface area (Å²) in [6.45, 7) is 5.50. The van der Waals surface area contributed by atoms with Crippen LogP contribution in [0.25, 0.3) is 6.08 Å². The lowest BCUT2D eigenvalue weighted by atomic mass is 10.1. The van der Waals surface area contributed by atoms with E-state index in [1.165, 1.54) is 0 Å². The number of rotatable bonds is 8. The third-order valence-corrected chi connectivity index (χ3v) is 7.67. The molecule has 0 radical (unpaired) electrons. The molecule has 2 aromatic rings. The van der Waals surface area contributed by atoms with Crippen LogP contribution in [0.1, 0.15) is 24.3 Å². The zero-order chi connectivity index (χ0) is 21.0. The lowest BCUT2D eigenvalue weighted by Gasteiger charge is -2.15. The summed E-state index contributed by atoms with van der Waals surface area (Å²) in [6.07, 6.45) is 2.47. The maximum Gasteiger partial charge on any atom is 0.276 e. The fourth-order valence-electron chi connectivity index (χ4n) is 2.84. The van der Waals surface area contributed by atoms with E-state index in [9.17, 15) is 4.79 Å². The first-order valence-corrected chi connectivity index (χ1v) is 11.9. The third-order valence-electron chi connectivity index (χ3n) is 4.15. The zero-order valence-corrected chi connectivity index (χ0v) is 20.8. The Morgan fingerprint density at radius 3 is 2.55 bits per heavy atom. The first-order valence-electron chi connectivity index (χ1n) is 9.10. The predicted octanol–water partition coefficient (Wildman–Crippen LogP) is 5.37. The Hall–Kier alpha value is -1.42. The van der Waals surface area contributed by atoms with Crippen LogP contribution >= 0.6 is 55.4 Å². The van der Waals surface area contributed by atoms with Gasteiger partial charge in [0.1, 0.15) is 5.70 Å². The highest BCUT2D eigenvalue weighted by atomic mass is 79.9. The van der Waals surface area contributed by atoms with Crippen LogP contribution in [0.4, 0.5) is 0 Å². The molecule has 9 heteroatoms. The predicted molar refractivity (Wildman–Crippen MR) is 128 cm³/mol. The smallest absolute Gasteiger partial charge is 0.276 e. The average molecular weight is 560 g/mol. The van der Waals surface area contributed by atoms with Gasteiger partial charge in [-0.3, -0.25) is 9.69 Å². The largest absolute Gasteiger partial charge is 0.490 e. The summed E-state index contributed by atoms with van der Waals surface area (Å²) in [5, 5.41) is 3.45. The van der Waals surface area contributed by atoms with Crippen molar-refractivity contribution in [3.8, 4) is 11.5 Å². The molecule has 0 saturated carbocycles. The summed E-state index contributed by atoms with van der Waals surface area (Å²) in [6, 6.07) is 7.81. The minimum Gasteiger partial charge on any atom is -0.490 e. The van der Waals surface area contributed by atoms with Gasteiger partial charge < -0.3 is 14.8 Å². The lowest BCUT2D eigenvalue weighted by molar-refractivity contribution is -0.122. The van der Waals surface area contributed by atoms with Gasteiger partial charge in [-0.15, -0.1) is 11.3 Å². The number of carbonyl (C=O) groups excluding carboxylic acids is 1. The van der Waals surface area contributed by atoms with Crippen LogP contribution in [0.15, 0.2) is 38.2 Å². The van der Waals surface area contributed by atoms with Crippen molar-refractivity contribution < 1.29 is 14.3 Å². The number of amides is 1. The summed E-state index contributed by atoms with van der Waals surface area (Å²) in [5.41, 5.74) is 1.54. The normalized spacial score (nSPS) is 15.2. The van der Waals surface area contributed by atoms with Gasteiger partial charge in [-0.1, -0.05) is 6.07 Å². The van der Waals surface area contributed by atoms with Crippen molar-refractivity contribution in [2.75, 3.05) is 19.8 Å². The van der Waals surface area contributed by atoms with Gasteiger partial charge in [-0.25, -0.2) is 0 Å². The van der Waals surface area contributed by atoms with Crippen LogP contribution in [0, 0.1) is 0 Å². The van der Waals surface area contributed by atoms with E-state index >= 15 is 0 Å². The minimum absolute atomic E-state index is 0.119. The number of benzene rings is 1. The number of hydrogen-bond acceptors (Lipinski definition) is 5. The van der Waals surface area contributed by atoms with Crippen molar-refractivity contribution >= 4 is 72.5 Å². The van der Waals surface area contributed by atoms with Crippen LogP contribution in [-0.4, -0.2) is 35.7 Å². The van der Waals surface area contributed by atoms with Crippen LogP contribution in [0.2, 0.25) is 0 Å². The molecule has 1 aliphatic heterocycles. The quantitative estimate of drug-likeness (QED) is 0.348. The molecule has 29 heavy (non-hydrogen) atoms. The molecule has 154 valence electrons. The molecule has 1 amide bonds. The molecule has 3 rings (SSSR count). The number of thiocarbonyl (C=S) groups is 1. The average Bonchev–Trinajstić information content (AvgIpc) is 3.13. The summed E-state index contributed by atoms with van der Waals surface area (Å²) < 4.78 is 13.2. The molecule has 5 nitrogen and oxygen atoms in total. The number of carbonyl (C=O) groups is 1. The fourth-order valence-corrected chi connectivity index (χ4v) is 5.16. The topological polar surface area (TPSA) is 50.8 Å². The van der Waals surface area contributed by atoms with Gasteiger partial charge >= 0.3 is 0 Å². The molecule has 0 aliphatic carbocycles. The van der Waals surface area contributed by atoms with Gasteiger partial charge in [-0.05, 0) is 94.2 Å².